The van der Waals surface area contributed by atoms with Crippen molar-refractivity contribution in [3.63, 3.8) is 0 Å². The van der Waals surface area contributed by atoms with Crippen molar-refractivity contribution in [1.29, 1.82) is 0 Å². The van der Waals surface area contributed by atoms with Gasteiger partial charge in [0.1, 0.15) is 0 Å². The fourth-order valence-corrected chi connectivity index (χ4v) is 2.93. The van der Waals surface area contributed by atoms with Crippen molar-refractivity contribution in [2.24, 2.45) is 0 Å². The fraction of sp³-hybridized carbons (Fsp3) is 0.438. The van der Waals surface area contributed by atoms with Crippen LogP contribution in [0.5, 0.6) is 0 Å². The quantitative estimate of drug-likeness (QED) is 0.827. The van der Waals surface area contributed by atoms with E-state index in [1.807, 2.05) is 13.0 Å². The average molecular weight is 256 g/mol. The third-order valence-corrected chi connectivity index (χ3v) is 4.08. The molecule has 1 aromatic heterocycles. The van der Waals surface area contributed by atoms with E-state index in [1.165, 1.54) is 23.1 Å². The number of benzene rings is 1. The summed E-state index contributed by atoms with van der Waals surface area (Å²) in [4.78, 5) is 2.32. The van der Waals surface area contributed by atoms with Crippen LogP contribution in [0.3, 0.4) is 0 Å². The first-order valence-electron chi connectivity index (χ1n) is 6.86. The molecule has 1 aliphatic rings. The van der Waals surface area contributed by atoms with Crippen molar-refractivity contribution in [2.75, 3.05) is 14.1 Å². The molecule has 1 heterocycles. The van der Waals surface area contributed by atoms with Gasteiger partial charge in [-0.1, -0.05) is 23.4 Å². The molecular formula is C16H20N2O. The molecule has 1 aromatic carbocycles. The molecule has 1 aliphatic carbocycles. The molecule has 100 valence electrons. The van der Waals surface area contributed by atoms with E-state index in [0.717, 1.165) is 24.3 Å². The van der Waals surface area contributed by atoms with Gasteiger partial charge in [-0.2, -0.15) is 0 Å². The lowest BCUT2D eigenvalue weighted by molar-refractivity contribution is 0.268. The molecule has 0 aliphatic heterocycles. The second kappa shape index (κ2) is 4.82. The van der Waals surface area contributed by atoms with E-state index in [2.05, 4.69) is 42.4 Å². The van der Waals surface area contributed by atoms with Crippen LogP contribution < -0.4 is 0 Å². The van der Waals surface area contributed by atoms with Crippen molar-refractivity contribution < 1.29 is 4.52 Å². The van der Waals surface area contributed by atoms with Gasteiger partial charge < -0.3 is 9.42 Å². The lowest BCUT2D eigenvalue weighted by atomic mass is 9.84. The Bertz CT molecular complexity index is 586. The first-order chi connectivity index (χ1) is 9.15. The highest BCUT2D eigenvalue weighted by molar-refractivity contribution is 5.64. The van der Waals surface area contributed by atoms with Gasteiger partial charge in [0.15, 0.2) is 5.76 Å². The van der Waals surface area contributed by atoms with Gasteiger partial charge >= 0.3 is 0 Å². The van der Waals surface area contributed by atoms with Crippen LogP contribution in [0.25, 0.3) is 11.3 Å². The molecule has 0 N–H and O–H groups in total. The van der Waals surface area contributed by atoms with Gasteiger partial charge in [-0.15, -0.1) is 0 Å². The van der Waals surface area contributed by atoms with Crippen molar-refractivity contribution in [3.8, 4) is 11.3 Å². The van der Waals surface area contributed by atoms with Gasteiger partial charge in [0, 0.05) is 17.7 Å². The smallest absolute Gasteiger partial charge is 0.167 e. The van der Waals surface area contributed by atoms with Crippen LogP contribution in [0.2, 0.25) is 0 Å². The summed E-state index contributed by atoms with van der Waals surface area (Å²) in [6.45, 7) is 1.96. The van der Waals surface area contributed by atoms with E-state index >= 15 is 0 Å². The SMILES string of the molecule is Cc1cc(-c2cccc3c2CC(N(C)C)CC3)on1. The number of rotatable bonds is 2. The van der Waals surface area contributed by atoms with Crippen LogP contribution in [0.4, 0.5) is 0 Å². The molecule has 0 spiro atoms. The summed E-state index contributed by atoms with van der Waals surface area (Å²) in [5.41, 5.74) is 5.05. The molecule has 0 bridgehead atoms. The van der Waals surface area contributed by atoms with Crippen LogP contribution in [-0.2, 0) is 12.8 Å². The lowest BCUT2D eigenvalue weighted by Crippen LogP contribution is -2.33. The Morgan fingerprint density at radius 1 is 1.32 bits per heavy atom. The molecule has 2 aromatic rings. The van der Waals surface area contributed by atoms with E-state index < -0.39 is 0 Å². The van der Waals surface area contributed by atoms with E-state index in [0.29, 0.717) is 6.04 Å². The van der Waals surface area contributed by atoms with Gasteiger partial charge in [-0.05, 0) is 51.4 Å². The molecule has 0 saturated heterocycles. The highest BCUT2D eigenvalue weighted by Crippen LogP contribution is 2.32. The van der Waals surface area contributed by atoms with Crippen LogP contribution in [-0.4, -0.2) is 30.2 Å². The van der Waals surface area contributed by atoms with Gasteiger partial charge in [0.25, 0.3) is 0 Å². The van der Waals surface area contributed by atoms with E-state index in [1.54, 1.807) is 0 Å². The first-order valence-corrected chi connectivity index (χ1v) is 6.86. The largest absolute Gasteiger partial charge is 0.356 e. The average Bonchev–Trinajstić information content (AvgIpc) is 2.84. The van der Waals surface area contributed by atoms with Gasteiger partial charge in [-0.25, -0.2) is 0 Å². The van der Waals surface area contributed by atoms with Gasteiger partial charge in [-0.3, -0.25) is 0 Å². The van der Waals surface area contributed by atoms with Crippen LogP contribution in [0.1, 0.15) is 23.2 Å². The van der Waals surface area contributed by atoms with E-state index in [9.17, 15) is 0 Å². The topological polar surface area (TPSA) is 29.3 Å². The summed E-state index contributed by atoms with van der Waals surface area (Å²) in [6, 6.07) is 9.17. The number of fused-ring (bicyclic) bond motifs is 1. The molecule has 19 heavy (non-hydrogen) atoms. The van der Waals surface area contributed by atoms with Gasteiger partial charge in [0.05, 0.1) is 5.69 Å². The number of likely N-dealkylation sites (N-methyl/N-ethyl adjacent to an activating group) is 1. The van der Waals surface area contributed by atoms with Crippen molar-refractivity contribution >= 4 is 0 Å². The predicted molar refractivity (Wildman–Crippen MR) is 76.2 cm³/mol. The van der Waals surface area contributed by atoms with Crippen molar-refractivity contribution in [2.45, 2.75) is 32.2 Å². The molecular weight excluding hydrogens is 236 g/mol. The van der Waals surface area contributed by atoms with Crippen LogP contribution in [0, 0.1) is 6.92 Å². The third kappa shape index (κ3) is 2.30. The maximum Gasteiger partial charge on any atom is 0.167 e. The van der Waals surface area contributed by atoms with Gasteiger partial charge in [0.2, 0.25) is 0 Å². The Labute approximate surface area is 114 Å². The monoisotopic (exact) mass is 256 g/mol. The number of nitrogens with zero attached hydrogens (tertiary/aromatic N) is 2. The maximum atomic E-state index is 5.45. The summed E-state index contributed by atoms with van der Waals surface area (Å²) in [6.07, 6.45) is 3.48. The zero-order valence-corrected chi connectivity index (χ0v) is 11.8. The molecule has 3 rings (SSSR count). The number of hydrogen-bond acceptors (Lipinski definition) is 3. The maximum absolute atomic E-state index is 5.45. The summed E-state index contributed by atoms with van der Waals surface area (Å²) < 4.78 is 5.45. The second-order valence-corrected chi connectivity index (χ2v) is 5.64. The molecule has 1 atom stereocenters. The predicted octanol–water partition coefficient (Wildman–Crippen LogP) is 3.07. The minimum Gasteiger partial charge on any atom is -0.356 e. The third-order valence-electron chi connectivity index (χ3n) is 4.08. The molecule has 0 amide bonds. The first kappa shape index (κ1) is 12.4. The zero-order chi connectivity index (χ0) is 13.4. The van der Waals surface area contributed by atoms with Crippen molar-refractivity contribution in [1.82, 2.24) is 10.1 Å². The summed E-state index contributed by atoms with van der Waals surface area (Å²) in [5.74, 6) is 0.897. The summed E-state index contributed by atoms with van der Waals surface area (Å²) in [7, 11) is 4.33. The minimum atomic E-state index is 0.623. The molecule has 1 unspecified atom stereocenters. The molecule has 3 heteroatoms. The Morgan fingerprint density at radius 3 is 2.84 bits per heavy atom. The van der Waals surface area contributed by atoms with Crippen LogP contribution in [0.15, 0.2) is 28.8 Å². The highest BCUT2D eigenvalue weighted by atomic mass is 16.5. The molecule has 0 radical (unpaired) electrons. The Hall–Kier alpha value is -1.61. The summed E-state index contributed by atoms with van der Waals surface area (Å²) in [5, 5.41) is 4.01. The Balaban J connectivity index is 2.03. The van der Waals surface area contributed by atoms with Crippen LogP contribution >= 0.6 is 0 Å². The molecule has 0 fully saturated rings. The summed E-state index contributed by atoms with van der Waals surface area (Å²) >= 11 is 0. The van der Waals surface area contributed by atoms with Crippen molar-refractivity contribution in [3.05, 3.63) is 41.1 Å². The number of hydrogen-bond donors (Lipinski definition) is 0. The molecule has 3 nitrogen and oxygen atoms in total. The van der Waals surface area contributed by atoms with E-state index in [4.69, 9.17) is 4.52 Å². The lowest BCUT2D eigenvalue weighted by Gasteiger charge is -2.30. The normalized spacial score (nSPS) is 18.6. The Kier molecular flexibility index (Phi) is 3.15. The van der Waals surface area contributed by atoms with E-state index in [-0.39, 0.29) is 0 Å². The Morgan fingerprint density at radius 2 is 2.16 bits per heavy atom. The number of aromatic nitrogens is 1. The second-order valence-electron chi connectivity index (χ2n) is 5.64. The highest BCUT2D eigenvalue weighted by Gasteiger charge is 2.23. The zero-order valence-electron chi connectivity index (χ0n) is 11.8. The minimum absolute atomic E-state index is 0.623. The standard InChI is InChI=1S/C16H20N2O/c1-11-9-16(19-17-11)14-6-4-5-12-7-8-13(18(2)3)10-15(12)14/h4-6,9,13H,7-8,10H2,1-3H3. The number of aryl methyl sites for hydroxylation is 2. The fourth-order valence-electron chi connectivity index (χ4n) is 2.93. The molecule has 0 saturated carbocycles.